The van der Waals surface area contributed by atoms with Crippen molar-refractivity contribution in [3.63, 3.8) is 0 Å². The van der Waals surface area contributed by atoms with Crippen LogP contribution in [0.15, 0.2) is 315 Å². The van der Waals surface area contributed by atoms with E-state index in [-0.39, 0.29) is 49.4 Å². The molecule has 2 saturated carbocycles. The lowest BCUT2D eigenvalue weighted by atomic mass is 9.79. The Morgan fingerprint density at radius 1 is 0.264 bits per heavy atom. The summed E-state index contributed by atoms with van der Waals surface area (Å²) in [7, 11) is 2.17. The first-order valence-electron chi connectivity index (χ1n) is 43.4. The van der Waals surface area contributed by atoms with Gasteiger partial charge in [-0.25, -0.2) is 0 Å². The molecule has 12 aromatic rings. The van der Waals surface area contributed by atoms with Crippen LogP contribution in [0.3, 0.4) is 0 Å². The van der Waals surface area contributed by atoms with Crippen molar-refractivity contribution in [2.24, 2.45) is 0 Å². The molecule has 12 aromatic carbocycles. The predicted molar refractivity (Wildman–Crippen MR) is 499 cm³/mol. The summed E-state index contributed by atoms with van der Waals surface area (Å²) >= 11 is 0. The minimum absolute atomic E-state index is 0.148. The van der Waals surface area contributed by atoms with Crippen LogP contribution >= 0.6 is 0 Å². The third kappa shape index (κ3) is 23.8. The van der Waals surface area contributed by atoms with Crippen molar-refractivity contribution in [2.75, 3.05) is 95.8 Å². The van der Waals surface area contributed by atoms with Gasteiger partial charge in [-0.3, -0.25) is 0 Å². The monoisotopic (exact) mass is 1610 g/mol. The van der Waals surface area contributed by atoms with E-state index in [1.807, 2.05) is 84.9 Å². The maximum Gasteiger partial charge on any atom is 0.115 e. The number of nitrogens with zero attached hydrogens (tertiary/aromatic N) is 3. The lowest BCUT2D eigenvalue weighted by Gasteiger charge is -2.34. The van der Waals surface area contributed by atoms with Gasteiger partial charge >= 0.3 is 0 Å². The van der Waals surface area contributed by atoms with E-state index in [0.717, 1.165) is 134 Å². The van der Waals surface area contributed by atoms with E-state index < -0.39 is 0 Å². The number of ether oxygens (including phenoxy) is 1. The van der Waals surface area contributed by atoms with E-state index in [1.54, 1.807) is 48.5 Å². The molecular weight excluding hydrogens is 1500 g/mol. The molecule has 16 rings (SSSR count). The molecule has 2 aliphatic heterocycles. The smallest absolute Gasteiger partial charge is 0.115 e. The van der Waals surface area contributed by atoms with Crippen molar-refractivity contribution in [3.05, 3.63) is 393 Å². The van der Waals surface area contributed by atoms with E-state index >= 15 is 0 Å². The molecule has 0 spiro atoms. The number of piperazine rings is 1. The van der Waals surface area contributed by atoms with Crippen LogP contribution in [0, 0.1) is 0 Å². The van der Waals surface area contributed by atoms with Crippen LogP contribution in [-0.4, -0.2) is 132 Å². The molecule has 622 valence electrons. The molecule has 4 aliphatic rings. The summed E-state index contributed by atoms with van der Waals surface area (Å²) in [4.78, 5) is 7.16. The minimum atomic E-state index is 0.148. The average molecular weight is 1610 g/mol. The molecule has 0 bridgehead atoms. The van der Waals surface area contributed by atoms with Gasteiger partial charge in [-0.2, -0.15) is 0 Å². The SMILES string of the molecule is CN1CCN(c2ccc(/C(=C(/CCCO)c3ccccc3)c3ccc(O)cc3)cc2)CC1.OCCC/C(=C(\c1ccc(O)cc1)c1ccc(C2CCC2)cc1)c1ccccc1.OCCC/C(=C(\c1ccc(O)cc1)c1ccc(C2CCC2)cc1)c1ccccc1.OCCC/C(=C(\c1ccc(O)cc1)c1ccc(N2CCOCC2)cc1)c1ccccc1. The van der Waals surface area contributed by atoms with Gasteiger partial charge in [0.1, 0.15) is 23.0 Å². The number of aliphatic hydroxyl groups is 4. The molecule has 4 fully saturated rings. The third-order valence-electron chi connectivity index (χ3n) is 23.8. The van der Waals surface area contributed by atoms with Gasteiger partial charge in [-0.15, -0.1) is 0 Å². The average Bonchev–Trinajstić information content (AvgIpc) is 0.809. The molecule has 0 aromatic heterocycles. The Morgan fingerprint density at radius 3 is 0.711 bits per heavy atom. The molecule has 0 radical (unpaired) electrons. The van der Waals surface area contributed by atoms with Crippen molar-refractivity contribution in [2.45, 2.75) is 102 Å². The number of likely N-dealkylation sites (N-methyl/N-ethyl adjacent to an activating group) is 1. The summed E-state index contributed by atoms with van der Waals surface area (Å²) < 4.78 is 5.48. The highest BCUT2D eigenvalue weighted by Gasteiger charge is 2.25. The number of aliphatic hydroxyl groups excluding tert-OH is 4. The van der Waals surface area contributed by atoms with Crippen molar-refractivity contribution in [1.82, 2.24) is 4.90 Å². The molecule has 2 heterocycles. The van der Waals surface area contributed by atoms with Crippen LogP contribution in [0.25, 0.3) is 44.6 Å². The topological polar surface area (TPSA) is 181 Å². The zero-order valence-electron chi connectivity index (χ0n) is 69.9. The summed E-state index contributed by atoms with van der Waals surface area (Å²) in [6.45, 7) is 8.23. The minimum Gasteiger partial charge on any atom is -0.508 e. The van der Waals surface area contributed by atoms with Crippen LogP contribution in [-0.2, 0) is 4.74 Å². The van der Waals surface area contributed by atoms with Crippen LogP contribution in [0.1, 0.15) is 180 Å². The highest BCUT2D eigenvalue weighted by Crippen LogP contribution is 2.44. The molecule has 0 unspecified atom stereocenters. The van der Waals surface area contributed by atoms with Crippen molar-refractivity contribution in [1.29, 1.82) is 0 Å². The number of hydrogen-bond acceptors (Lipinski definition) is 12. The summed E-state index contributed by atoms with van der Waals surface area (Å²) in [5, 5.41) is 77.3. The number of rotatable bonds is 28. The fraction of sp³-hybridized carbons (Fsp3) is 0.266. The van der Waals surface area contributed by atoms with E-state index in [9.17, 15) is 40.9 Å². The van der Waals surface area contributed by atoms with Crippen LogP contribution in [0.5, 0.6) is 23.0 Å². The zero-order chi connectivity index (χ0) is 83.9. The van der Waals surface area contributed by atoms with E-state index in [4.69, 9.17) is 4.74 Å². The lowest BCUT2D eigenvalue weighted by Crippen LogP contribution is -2.44. The summed E-state index contributed by atoms with van der Waals surface area (Å²) in [5.74, 6) is 2.48. The van der Waals surface area contributed by atoms with Gasteiger partial charge in [0.15, 0.2) is 0 Å². The Bertz CT molecular complexity index is 5090. The summed E-state index contributed by atoms with van der Waals surface area (Å²) in [6, 6.07) is 107. The number of phenolic OH excluding ortho intramolecular Hbond substituents is 4. The lowest BCUT2D eigenvalue weighted by molar-refractivity contribution is 0.122. The molecule has 12 heteroatoms. The molecule has 2 aliphatic carbocycles. The number of aromatic hydroxyl groups is 4. The third-order valence-corrected chi connectivity index (χ3v) is 23.8. The second-order valence-corrected chi connectivity index (χ2v) is 31.9. The van der Waals surface area contributed by atoms with Gasteiger partial charge < -0.3 is 60.3 Å². The van der Waals surface area contributed by atoms with Crippen LogP contribution in [0.2, 0.25) is 0 Å². The standard InChI is InChI=1S/C28H32N2O2.C27H29NO3.2C27H28O2/c1-29-17-19-30(20-18-29)25-13-9-23(10-14-25)28(24-11-15-26(32)16-12-24)27(8-5-21-31)22-6-3-2-4-7-22;29-18-4-7-26(21-5-2-1-3-6-21)27(23-10-14-25(30)15-11-23)22-8-12-24(13-9-22)28-16-19-31-20-17-28;2*28-19-5-10-26(22-6-2-1-3-7-22)27(24-15-17-25(29)18-16-24)23-13-11-21(12-14-23)20-8-4-9-20/h2-4,6-7,9-16,31-32H,5,8,17-21H2,1H3;1-3,5-6,8-15,29-30H,4,7,16-20H2;2*1-3,6-7,11-18,20,28-29H,4-5,8-10,19H2/b28-27+;3*27-26+. The Hall–Kier alpha value is -11.8. The quantitative estimate of drug-likeness (QED) is 0.0218. The van der Waals surface area contributed by atoms with Gasteiger partial charge in [0.05, 0.1) is 13.2 Å². The number of phenols is 4. The number of anilines is 2. The number of allylic oxidation sites excluding steroid dienone is 4. The molecule has 0 atom stereocenters. The van der Waals surface area contributed by atoms with Gasteiger partial charge in [-0.05, 0) is 291 Å². The predicted octanol–water partition coefficient (Wildman–Crippen LogP) is 22.6. The summed E-state index contributed by atoms with van der Waals surface area (Å²) in [6.07, 6.45) is 13.8. The van der Waals surface area contributed by atoms with Gasteiger partial charge in [0.25, 0.3) is 0 Å². The van der Waals surface area contributed by atoms with Crippen molar-refractivity contribution >= 4 is 56.0 Å². The van der Waals surface area contributed by atoms with Crippen LogP contribution < -0.4 is 9.80 Å². The molecule has 121 heavy (non-hydrogen) atoms. The highest BCUT2D eigenvalue weighted by atomic mass is 16.5. The molecular formula is C109H117N3O9. The number of benzene rings is 12. The first-order chi connectivity index (χ1) is 59.4. The van der Waals surface area contributed by atoms with Gasteiger partial charge in [0.2, 0.25) is 0 Å². The Morgan fingerprint density at radius 2 is 0.488 bits per heavy atom. The van der Waals surface area contributed by atoms with E-state index in [2.05, 4.69) is 204 Å². The largest absolute Gasteiger partial charge is 0.508 e. The Balaban J connectivity index is 0.000000139. The number of morpholine rings is 1. The Labute approximate surface area is 716 Å². The molecule has 2 saturated heterocycles. The molecule has 0 amide bonds. The van der Waals surface area contributed by atoms with E-state index in [1.165, 1.54) is 117 Å². The first-order valence-corrected chi connectivity index (χ1v) is 43.4. The second-order valence-electron chi connectivity index (χ2n) is 31.9. The Kier molecular flexibility index (Phi) is 32.3. The normalized spacial score (nSPS) is 15.1. The number of hydrogen-bond donors (Lipinski definition) is 8. The summed E-state index contributed by atoms with van der Waals surface area (Å²) in [5.41, 5.74) is 28.3. The van der Waals surface area contributed by atoms with Gasteiger partial charge in [0, 0.05) is 77.1 Å². The fourth-order valence-corrected chi connectivity index (χ4v) is 16.7. The molecule has 12 nitrogen and oxygen atoms in total. The molecule has 8 N–H and O–H groups in total. The van der Waals surface area contributed by atoms with Crippen molar-refractivity contribution < 1.29 is 45.6 Å². The van der Waals surface area contributed by atoms with Crippen molar-refractivity contribution in [3.8, 4) is 23.0 Å². The van der Waals surface area contributed by atoms with Gasteiger partial charge in [-0.1, -0.05) is 255 Å². The zero-order valence-corrected chi connectivity index (χ0v) is 69.9. The fourth-order valence-electron chi connectivity index (χ4n) is 16.7. The van der Waals surface area contributed by atoms with E-state index in [0.29, 0.717) is 37.5 Å². The maximum absolute atomic E-state index is 9.85. The van der Waals surface area contributed by atoms with Crippen LogP contribution in [0.4, 0.5) is 11.4 Å². The maximum atomic E-state index is 9.85. The highest BCUT2D eigenvalue weighted by molar-refractivity contribution is 6.02. The second kappa shape index (κ2) is 45.0. The first kappa shape index (κ1) is 87.0.